The van der Waals surface area contributed by atoms with E-state index in [0.717, 1.165) is 30.9 Å². The Hall–Kier alpha value is -1.98. The topological polar surface area (TPSA) is 63.4 Å². The zero-order valence-electron chi connectivity index (χ0n) is 12.8. The molecule has 2 aromatic rings. The lowest BCUT2D eigenvalue weighted by Crippen LogP contribution is -2.34. The molecule has 112 valence electrons. The molecule has 0 aromatic carbocycles. The van der Waals surface area contributed by atoms with Crippen molar-refractivity contribution >= 4 is 11.7 Å². The lowest BCUT2D eigenvalue weighted by Gasteiger charge is -2.20. The Morgan fingerprint density at radius 2 is 2.14 bits per heavy atom. The maximum Gasteiger partial charge on any atom is 0.293 e. The maximum atomic E-state index is 12.6. The van der Waals surface area contributed by atoms with Crippen molar-refractivity contribution in [2.75, 3.05) is 13.1 Å². The number of hydrogen-bond acceptors (Lipinski definition) is 4. The van der Waals surface area contributed by atoms with Crippen molar-refractivity contribution in [2.24, 2.45) is 5.92 Å². The lowest BCUT2D eigenvalue weighted by molar-refractivity contribution is 0.0735. The monoisotopic (exact) mass is 287 g/mol. The molecule has 0 unspecified atom stereocenters. The van der Waals surface area contributed by atoms with Crippen LogP contribution in [0.5, 0.6) is 0 Å². The molecule has 6 heteroatoms. The first kappa shape index (κ1) is 14.0. The molecule has 0 bridgehead atoms. The van der Waals surface area contributed by atoms with Gasteiger partial charge in [-0.2, -0.15) is 4.98 Å². The smallest absolute Gasteiger partial charge is 0.293 e. The second-order valence-corrected chi connectivity index (χ2v) is 5.88. The minimum atomic E-state index is -0.0775. The van der Waals surface area contributed by atoms with Gasteiger partial charge >= 0.3 is 0 Å². The van der Waals surface area contributed by atoms with E-state index >= 15 is 0 Å². The van der Waals surface area contributed by atoms with Crippen LogP contribution >= 0.6 is 0 Å². The van der Waals surface area contributed by atoms with Crippen LogP contribution in [-0.4, -0.2) is 43.5 Å². The maximum absolute atomic E-state index is 12.6. The number of aryl methyl sites for hydroxylation is 2. The standard InChI is InChI=1S/C15H21N5O/c1-4-7-19(9-12-5-6-12)14(21)13-17-15-16-10(2)8-11(3)20(15)18-13/h8,12H,4-7,9H2,1-3H3. The van der Waals surface area contributed by atoms with Gasteiger partial charge in [0.05, 0.1) is 0 Å². The Kier molecular flexibility index (Phi) is 3.61. The Balaban J connectivity index is 1.90. The lowest BCUT2D eigenvalue weighted by atomic mass is 10.3. The molecular weight excluding hydrogens is 266 g/mol. The van der Waals surface area contributed by atoms with E-state index in [4.69, 9.17) is 0 Å². The number of amides is 1. The van der Waals surface area contributed by atoms with Crippen LogP contribution in [0, 0.1) is 19.8 Å². The minimum Gasteiger partial charge on any atom is -0.336 e. The van der Waals surface area contributed by atoms with E-state index in [2.05, 4.69) is 22.0 Å². The fourth-order valence-electron chi connectivity index (χ4n) is 2.56. The number of fused-ring (bicyclic) bond motifs is 1. The molecule has 1 amide bonds. The molecule has 21 heavy (non-hydrogen) atoms. The van der Waals surface area contributed by atoms with E-state index in [1.807, 2.05) is 24.8 Å². The van der Waals surface area contributed by atoms with Crippen molar-refractivity contribution in [1.82, 2.24) is 24.5 Å². The van der Waals surface area contributed by atoms with Crippen molar-refractivity contribution in [2.45, 2.75) is 40.0 Å². The molecule has 1 fully saturated rings. The van der Waals surface area contributed by atoms with E-state index in [-0.39, 0.29) is 11.7 Å². The zero-order chi connectivity index (χ0) is 15.0. The number of rotatable bonds is 5. The minimum absolute atomic E-state index is 0.0775. The van der Waals surface area contributed by atoms with Crippen molar-refractivity contribution < 1.29 is 4.79 Å². The predicted octanol–water partition coefficient (Wildman–Crippen LogP) is 2.00. The highest BCUT2D eigenvalue weighted by Gasteiger charge is 2.28. The summed E-state index contributed by atoms with van der Waals surface area (Å²) in [7, 11) is 0. The van der Waals surface area contributed by atoms with E-state index in [0.29, 0.717) is 11.7 Å². The summed E-state index contributed by atoms with van der Waals surface area (Å²) in [5, 5.41) is 4.34. The molecule has 6 nitrogen and oxygen atoms in total. The number of aromatic nitrogens is 4. The first-order chi connectivity index (χ1) is 10.1. The van der Waals surface area contributed by atoms with Crippen LogP contribution in [0.1, 0.15) is 48.2 Å². The normalized spacial score (nSPS) is 14.6. The number of carbonyl (C=O) groups excluding carboxylic acids is 1. The molecule has 3 rings (SSSR count). The SMILES string of the molecule is CCCN(CC1CC1)C(=O)c1nc2nc(C)cc(C)n2n1. The Labute approximate surface area is 124 Å². The second-order valence-electron chi connectivity index (χ2n) is 5.88. The van der Waals surface area contributed by atoms with Crippen LogP contribution < -0.4 is 0 Å². The van der Waals surface area contributed by atoms with Gasteiger partial charge in [-0.05, 0) is 45.1 Å². The van der Waals surface area contributed by atoms with Crippen LogP contribution in [0.4, 0.5) is 0 Å². The van der Waals surface area contributed by atoms with Crippen molar-refractivity contribution in [3.05, 3.63) is 23.3 Å². The average Bonchev–Trinajstić information content (AvgIpc) is 3.14. The quantitative estimate of drug-likeness (QED) is 0.844. The van der Waals surface area contributed by atoms with Gasteiger partial charge in [-0.25, -0.2) is 9.50 Å². The summed E-state index contributed by atoms with van der Waals surface area (Å²) < 4.78 is 1.64. The fraction of sp³-hybridized carbons (Fsp3) is 0.600. The van der Waals surface area contributed by atoms with E-state index in [1.165, 1.54) is 12.8 Å². The van der Waals surface area contributed by atoms with Crippen molar-refractivity contribution in [3.63, 3.8) is 0 Å². The molecule has 0 radical (unpaired) electrons. The number of hydrogen-bond donors (Lipinski definition) is 0. The van der Waals surface area contributed by atoms with Gasteiger partial charge < -0.3 is 4.90 Å². The van der Waals surface area contributed by atoms with Gasteiger partial charge in [0.25, 0.3) is 11.7 Å². The third-order valence-electron chi connectivity index (χ3n) is 3.77. The summed E-state index contributed by atoms with van der Waals surface area (Å²) in [5.74, 6) is 1.34. The average molecular weight is 287 g/mol. The van der Waals surface area contributed by atoms with E-state index in [9.17, 15) is 4.79 Å². The molecule has 0 atom stereocenters. The molecule has 0 N–H and O–H groups in total. The Morgan fingerprint density at radius 3 is 2.81 bits per heavy atom. The summed E-state index contributed by atoms with van der Waals surface area (Å²) in [4.78, 5) is 23.2. The van der Waals surface area contributed by atoms with Gasteiger partial charge in [-0.3, -0.25) is 4.79 Å². The van der Waals surface area contributed by atoms with Crippen molar-refractivity contribution in [3.8, 4) is 0 Å². The molecule has 0 saturated heterocycles. The molecule has 1 aliphatic rings. The zero-order valence-corrected chi connectivity index (χ0v) is 12.8. The van der Waals surface area contributed by atoms with Crippen LogP contribution in [0.15, 0.2) is 6.07 Å². The van der Waals surface area contributed by atoms with Crippen molar-refractivity contribution in [1.29, 1.82) is 0 Å². The highest BCUT2D eigenvalue weighted by molar-refractivity contribution is 5.90. The van der Waals surface area contributed by atoms with Gasteiger partial charge in [0.1, 0.15) is 0 Å². The molecule has 2 aromatic heterocycles. The van der Waals surface area contributed by atoms with Gasteiger partial charge in [-0.1, -0.05) is 6.92 Å². The van der Waals surface area contributed by atoms with Crippen LogP contribution in [0.25, 0.3) is 5.78 Å². The van der Waals surface area contributed by atoms with Crippen LogP contribution in [0.2, 0.25) is 0 Å². The third-order valence-corrected chi connectivity index (χ3v) is 3.77. The number of carbonyl (C=O) groups is 1. The second kappa shape index (κ2) is 5.42. The number of nitrogens with zero attached hydrogens (tertiary/aromatic N) is 5. The molecular formula is C15H21N5O. The first-order valence-electron chi connectivity index (χ1n) is 7.58. The van der Waals surface area contributed by atoms with Crippen LogP contribution in [-0.2, 0) is 0 Å². The summed E-state index contributed by atoms with van der Waals surface area (Å²) >= 11 is 0. The summed E-state index contributed by atoms with van der Waals surface area (Å²) in [6.45, 7) is 7.53. The molecule has 0 spiro atoms. The van der Waals surface area contributed by atoms with Gasteiger partial charge in [0.15, 0.2) is 0 Å². The molecule has 1 saturated carbocycles. The Morgan fingerprint density at radius 1 is 1.38 bits per heavy atom. The first-order valence-corrected chi connectivity index (χ1v) is 7.58. The highest BCUT2D eigenvalue weighted by Crippen LogP contribution is 2.30. The van der Waals surface area contributed by atoms with E-state index in [1.54, 1.807) is 4.52 Å². The third kappa shape index (κ3) is 2.89. The Bertz CT molecular complexity index is 674. The van der Waals surface area contributed by atoms with Crippen LogP contribution in [0.3, 0.4) is 0 Å². The molecule has 2 heterocycles. The largest absolute Gasteiger partial charge is 0.336 e. The van der Waals surface area contributed by atoms with Gasteiger partial charge in [0, 0.05) is 24.5 Å². The summed E-state index contributed by atoms with van der Waals surface area (Å²) in [6.07, 6.45) is 3.40. The summed E-state index contributed by atoms with van der Waals surface area (Å²) in [6, 6.07) is 1.93. The van der Waals surface area contributed by atoms with Gasteiger partial charge in [-0.15, -0.1) is 5.10 Å². The predicted molar refractivity (Wildman–Crippen MR) is 79.2 cm³/mol. The molecule has 1 aliphatic carbocycles. The van der Waals surface area contributed by atoms with E-state index < -0.39 is 0 Å². The highest BCUT2D eigenvalue weighted by atomic mass is 16.2. The van der Waals surface area contributed by atoms with Gasteiger partial charge in [0.2, 0.25) is 5.82 Å². The summed E-state index contributed by atoms with van der Waals surface area (Å²) in [5.41, 5.74) is 1.82. The molecule has 0 aliphatic heterocycles. The fourth-order valence-corrected chi connectivity index (χ4v) is 2.56.